The van der Waals surface area contributed by atoms with Gasteiger partial charge in [0.05, 0.1) is 0 Å². The molecule has 0 fully saturated rings. The number of amides is 1. The summed E-state index contributed by atoms with van der Waals surface area (Å²) in [5.74, 6) is -0.121. The molecule has 1 rings (SSSR count). The molecule has 0 saturated heterocycles. The zero-order valence-corrected chi connectivity index (χ0v) is 9.12. The molecule has 0 aliphatic carbocycles. The van der Waals surface area contributed by atoms with E-state index < -0.39 is 0 Å². The minimum Gasteiger partial charge on any atom is -0.355 e. The van der Waals surface area contributed by atoms with Crippen molar-refractivity contribution in [2.75, 3.05) is 6.54 Å². The number of carbonyl (C=O) groups is 1. The van der Waals surface area contributed by atoms with Gasteiger partial charge in [0.25, 0.3) is 5.56 Å². The summed E-state index contributed by atoms with van der Waals surface area (Å²) in [6, 6.07) is 3.21. The van der Waals surface area contributed by atoms with Gasteiger partial charge < -0.3 is 9.88 Å². The van der Waals surface area contributed by atoms with Crippen molar-refractivity contribution < 1.29 is 4.79 Å². The maximum Gasteiger partial charge on any atom is 0.251 e. The van der Waals surface area contributed by atoms with Gasteiger partial charge in [-0.25, -0.2) is 0 Å². The summed E-state index contributed by atoms with van der Waals surface area (Å²) in [6.07, 6.45) is 2.59. The van der Waals surface area contributed by atoms with E-state index >= 15 is 0 Å². The van der Waals surface area contributed by atoms with Gasteiger partial charge in [0, 0.05) is 18.8 Å². The lowest BCUT2D eigenvalue weighted by Crippen LogP contribution is -2.32. The SMILES string of the molecule is CCCNC(=O)Cn1cc(C)ccc1=O. The van der Waals surface area contributed by atoms with Crippen LogP contribution in [0.3, 0.4) is 0 Å². The van der Waals surface area contributed by atoms with E-state index in [2.05, 4.69) is 5.32 Å². The quantitative estimate of drug-likeness (QED) is 0.791. The van der Waals surface area contributed by atoms with Crippen LogP contribution in [0.5, 0.6) is 0 Å². The van der Waals surface area contributed by atoms with E-state index in [4.69, 9.17) is 0 Å². The molecule has 1 aromatic heterocycles. The van der Waals surface area contributed by atoms with Crippen molar-refractivity contribution in [2.45, 2.75) is 26.8 Å². The van der Waals surface area contributed by atoms with Crippen LogP contribution in [0.25, 0.3) is 0 Å². The normalized spacial score (nSPS) is 10.0. The van der Waals surface area contributed by atoms with Crippen LogP contribution in [-0.2, 0) is 11.3 Å². The van der Waals surface area contributed by atoms with Crippen LogP contribution in [0.15, 0.2) is 23.1 Å². The third-order valence-corrected chi connectivity index (χ3v) is 2.02. The van der Waals surface area contributed by atoms with Crippen LogP contribution in [0.4, 0.5) is 0 Å². The summed E-state index contributed by atoms with van der Waals surface area (Å²) in [5.41, 5.74) is 0.824. The summed E-state index contributed by atoms with van der Waals surface area (Å²) in [5, 5.41) is 2.73. The lowest BCUT2D eigenvalue weighted by atomic mass is 10.3. The highest BCUT2D eigenvalue weighted by Gasteiger charge is 2.02. The highest BCUT2D eigenvalue weighted by molar-refractivity contribution is 5.75. The van der Waals surface area contributed by atoms with Crippen LogP contribution in [-0.4, -0.2) is 17.0 Å². The van der Waals surface area contributed by atoms with E-state index in [1.807, 2.05) is 13.8 Å². The second-order valence-corrected chi connectivity index (χ2v) is 3.52. The number of aryl methyl sites for hydroxylation is 1. The van der Waals surface area contributed by atoms with Gasteiger partial charge >= 0.3 is 0 Å². The first-order chi connectivity index (χ1) is 7.13. The zero-order chi connectivity index (χ0) is 11.3. The van der Waals surface area contributed by atoms with Crippen molar-refractivity contribution in [3.8, 4) is 0 Å². The van der Waals surface area contributed by atoms with E-state index in [0.717, 1.165) is 12.0 Å². The van der Waals surface area contributed by atoms with Gasteiger partial charge in [0.15, 0.2) is 0 Å². The predicted octanol–water partition coefficient (Wildman–Crippen LogP) is 0.683. The van der Waals surface area contributed by atoms with Crippen molar-refractivity contribution in [2.24, 2.45) is 0 Å². The molecule has 0 spiro atoms. The van der Waals surface area contributed by atoms with E-state index in [1.165, 1.54) is 10.6 Å². The van der Waals surface area contributed by atoms with Crippen LogP contribution >= 0.6 is 0 Å². The Labute approximate surface area is 88.9 Å². The third-order valence-electron chi connectivity index (χ3n) is 2.02. The molecule has 0 atom stereocenters. The van der Waals surface area contributed by atoms with Gasteiger partial charge in [0.1, 0.15) is 6.54 Å². The fraction of sp³-hybridized carbons (Fsp3) is 0.455. The Balaban J connectivity index is 2.68. The maximum absolute atomic E-state index is 11.4. The summed E-state index contributed by atoms with van der Waals surface area (Å²) >= 11 is 0. The Morgan fingerprint density at radius 3 is 2.87 bits per heavy atom. The summed E-state index contributed by atoms with van der Waals surface area (Å²) in [7, 11) is 0. The lowest BCUT2D eigenvalue weighted by molar-refractivity contribution is -0.121. The van der Waals surface area contributed by atoms with E-state index in [-0.39, 0.29) is 18.0 Å². The third kappa shape index (κ3) is 3.58. The summed E-state index contributed by atoms with van der Waals surface area (Å²) in [6.45, 7) is 4.62. The molecule has 1 N–H and O–H groups in total. The first kappa shape index (κ1) is 11.5. The van der Waals surface area contributed by atoms with Crippen molar-refractivity contribution >= 4 is 5.91 Å². The number of aromatic nitrogens is 1. The molecule has 0 aromatic carbocycles. The summed E-state index contributed by atoms with van der Waals surface area (Å²) in [4.78, 5) is 22.7. The topological polar surface area (TPSA) is 51.1 Å². The summed E-state index contributed by atoms with van der Waals surface area (Å²) < 4.78 is 1.42. The molecule has 0 unspecified atom stereocenters. The van der Waals surface area contributed by atoms with Gasteiger partial charge in [0.2, 0.25) is 5.91 Å². The first-order valence-corrected chi connectivity index (χ1v) is 5.07. The molecule has 1 amide bonds. The molecule has 82 valence electrons. The lowest BCUT2D eigenvalue weighted by Gasteiger charge is -2.06. The van der Waals surface area contributed by atoms with Crippen LogP contribution < -0.4 is 10.9 Å². The van der Waals surface area contributed by atoms with Gasteiger partial charge in [-0.05, 0) is 18.9 Å². The van der Waals surface area contributed by atoms with Gasteiger partial charge in [-0.1, -0.05) is 13.0 Å². The molecule has 0 saturated carbocycles. The van der Waals surface area contributed by atoms with E-state index in [1.54, 1.807) is 12.3 Å². The average molecular weight is 208 g/mol. The number of carbonyl (C=O) groups excluding carboxylic acids is 1. The van der Waals surface area contributed by atoms with Crippen LogP contribution in [0.2, 0.25) is 0 Å². The highest BCUT2D eigenvalue weighted by Crippen LogP contribution is 1.91. The Kier molecular flexibility index (Phi) is 4.09. The van der Waals surface area contributed by atoms with Crippen molar-refractivity contribution in [3.63, 3.8) is 0 Å². The molecule has 0 bridgehead atoms. The maximum atomic E-state index is 11.4. The van der Waals surface area contributed by atoms with Crippen molar-refractivity contribution in [1.82, 2.24) is 9.88 Å². The smallest absolute Gasteiger partial charge is 0.251 e. The molecular formula is C11H16N2O2. The van der Waals surface area contributed by atoms with Crippen molar-refractivity contribution in [3.05, 3.63) is 34.2 Å². The second-order valence-electron chi connectivity index (χ2n) is 3.52. The molecule has 4 nitrogen and oxygen atoms in total. The Bertz CT molecular complexity index is 396. The Morgan fingerprint density at radius 2 is 2.20 bits per heavy atom. The number of rotatable bonds is 4. The van der Waals surface area contributed by atoms with E-state index in [0.29, 0.717) is 6.54 Å². The fourth-order valence-electron chi connectivity index (χ4n) is 1.25. The van der Waals surface area contributed by atoms with Crippen molar-refractivity contribution in [1.29, 1.82) is 0 Å². The first-order valence-electron chi connectivity index (χ1n) is 5.07. The molecule has 0 aliphatic heterocycles. The predicted molar refractivity (Wildman–Crippen MR) is 58.7 cm³/mol. The molecule has 1 aromatic rings. The zero-order valence-electron chi connectivity index (χ0n) is 9.12. The number of nitrogens with zero attached hydrogens (tertiary/aromatic N) is 1. The van der Waals surface area contributed by atoms with Crippen LogP contribution in [0.1, 0.15) is 18.9 Å². The number of hydrogen-bond donors (Lipinski definition) is 1. The Hall–Kier alpha value is -1.58. The van der Waals surface area contributed by atoms with Crippen LogP contribution in [0, 0.1) is 6.92 Å². The van der Waals surface area contributed by atoms with Gasteiger partial charge in [-0.15, -0.1) is 0 Å². The minimum atomic E-state index is -0.146. The molecule has 1 heterocycles. The van der Waals surface area contributed by atoms with Gasteiger partial charge in [-0.3, -0.25) is 9.59 Å². The molecule has 0 radical (unpaired) electrons. The second kappa shape index (κ2) is 5.34. The molecular weight excluding hydrogens is 192 g/mol. The molecule has 15 heavy (non-hydrogen) atoms. The number of hydrogen-bond acceptors (Lipinski definition) is 2. The fourth-order valence-corrected chi connectivity index (χ4v) is 1.25. The monoisotopic (exact) mass is 208 g/mol. The molecule has 0 aliphatic rings. The molecule has 4 heteroatoms. The van der Waals surface area contributed by atoms with E-state index in [9.17, 15) is 9.59 Å². The standard InChI is InChI=1S/C11H16N2O2/c1-3-6-12-10(14)8-13-7-9(2)4-5-11(13)15/h4-5,7H,3,6,8H2,1-2H3,(H,12,14). The number of pyridine rings is 1. The highest BCUT2D eigenvalue weighted by atomic mass is 16.2. The minimum absolute atomic E-state index is 0.0977. The average Bonchev–Trinajstić information content (AvgIpc) is 2.20. The number of nitrogens with one attached hydrogen (secondary N) is 1. The largest absolute Gasteiger partial charge is 0.355 e. The van der Waals surface area contributed by atoms with Gasteiger partial charge in [-0.2, -0.15) is 0 Å². The Morgan fingerprint density at radius 1 is 1.47 bits per heavy atom.